The molecule has 29 heavy (non-hydrogen) atoms. The number of methoxy groups -OCH3 is 1. The number of benzene rings is 3. The van der Waals surface area contributed by atoms with Crippen LogP contribution in [0.5, 0.6) is 5.75 Å². The van der Waals surface area contributed by atoms with Gasteiger partial charge >= 0.3 is 6.03 Å². The Labute approximate surface area is 175 Å². The zero-order valence-electron chi connectivity index (χ0n) is 16.0. The predicted octanol–water partition coefficient (Wildman–Crippen LogP) is 5.14. The van der Waals surface area contributed by atoms with Crippen molar-refractivity contribution in [3.63, 3.8) is 0 Å². The minimum absolute atomic E-state index is 0.305. The summed E-state index contributed by atoms with van der Waals surface area (Å²) in [4.78, 5) is 25.2. The van der Waals surface area contributed by atoms with Crippen molar-refractivity contribution >= 4 is 41.8 Å². The second-order valence-corrected chi connectivity index (χ2v) is 6.72. The number of anilines is 3. The third kappa shape index (κ3) is 5.08. The molecule has 2 N–H and O–H groups in total. The van der Waals surface area contributed by atoms with Crippen LogP contribution in [0, 0.1) is 6.92 Å². The second-order valence-electron chi connectivity index (χ2n) is 6.32. The van der Waals surface area contributed by atoms with Gasteiger partial charge < -0.3 is 15.4 Å². The summed E-state index contributed by atoms with van der Waals surface area (Å²) in [6, 6.07) is 20.9. The van der Waals surface area contributed by atoms with Crippen LogP contribution in [0.2, 0.25) is 0 Å². The molecule has 0 radical (unpaired) electrons. The highest BCUT2D eigenvalue weighted by Crippen LogP contribution is 2.31. The first-order chi connectivity index (χ1) is 14.0. The van der Waals surface area contributed by atoms with E-state index in [0.29, 0.717) is 28.4 Å². The lowest BCUT2D eigenvalue weighted by atomic mass is 10.1. The van der Waals surface area contributed by atoms with Gasteiger partial charge in [-0.15, -0.1) is 0 Å². The number of hydrogen-bond donors (Lipinski definition) is 3. The predicted molar refractivity (Wildman–Crippen MR) is 119 cm³/mol. The van der Waals surface area contributed by atoms with E-state index in [4.69, 9.17) is 4.74 Å². The zero-order valence-corrected chi connectivity index (χ0v) is 16.9. The summed E-state index contributed by atoms with van der Waals surface area (Å²) in [7, 11) is 1.49. The van der Waals surface area contributed by atoms with Gasteiger partial charge in [0.2, 0.25) is 0 Å². The molecule has 148 valence electrons. The topological polar surface area (TPSA) is 70.7 Å². The minimum Gasteiger partial charge on any atom is -0.495 e. The number of nitrogens with zero attached hydrogens (tertiary/aromatic N) is 1. The summed E-state index contributed by atoms with van der Waals surface area (Å²) in [5, 5.41) is 5.59. The number of aryl methyl sites for hydroxylation is 1. The number of hydrogen-bond acceptors (Lipinski definition) is 4. The van der Waals surface area contributed by atoms with Crippen molar-refractivity contribution in [2.75, 3.05) is 22.0 Å². The second kappa shape index (κ2) is 9.16. The molecular weight excluding hydrogens is 386 g/mol. The fourth-order valence-corrected chi connectivity index (χ4v) is 2.94. The van der Waals surface area contributed by atoms with Crippen molar-refractivity contribution in [3.8, 4) is 5.75 Å². The first kappa shape index (κ1) is 20.3. The van der Waals surface area contributed by atoms with Gasteiger partial charge in [-0.1, -0.05) is 43.1 Å². The lowest BCUT2D eigenvalue weighted by molar-refractivity contribution is 0.102. The zero-order chi connectivity index (χ0) is 20.8. The van der Waals surface area contributed by atoms with E-state index in [9.17, 15) is 9.59 Å². The Morgan fingerprint density at radius 2 is 1.62 bits per heavy atom. The molecule has 0 aliphatic rings. The van der Waals surface area contributed by atoms with E-state index in [1.54, 1.807) is 36.4 Å². The van der Waals surface area contributed by atoms with Gasteiger partial charge in [-0.25, -0.2) is 9.10 Å². The lowest BCUT2D eigenvalue weighted by Crippen LogP contribution is -2.27. The SMILES string of the molecule is COc1ccc(C(=O)Nc2ccccc2)cc1N(S)C(=O)Nc1cccc(C)c1. The van der Waals surface area contributed by atoms with Crippen LogP contribution in [0.4, 0.5) is 21.9 Å². The van der Waals surface area contributed by atoms with Crippen molar-refractivity contribution in [3.05, 3.63) is 83.9 Å². The Morgan fingerprint density at radius 3 is 2.31 bits per heavy atom. The molecule has 3 aromatic carbocycles. The quantitative estimate of drug-likeness (QED) is 0.513. The molecule has 0 aliphatic carbocycles. The first-order valence-corrected chi connectivity index (χ1v) is 9.29. The van der Waals surface area contributed by atoms with Crippen molar-refractivity contribution in [2.24, 2.45) is 0 Å². The van der Waals surface area contributed by atoms with Gasteiger partial charge in [0.15, 0.2) is 0 Å². The van der Waals surface area contributed by atoms with Crippen LogP contribution in [-0.2, 0) is 0 Å². The number of nitrogens with one attached hydrogen (secondary N) is 2. The van der Waals surface area contributed by atoms with Crippen molar-refractivity contribution in [1.82, 2.24) is 0 Å². The molecule has 0 fully saturated rings. The number of ether oxygens (including phenoxy) is 1. The summed E-state index contributed by atoms with van der Waals surface area (Å²) < 4.78 is 6.45. The van der Waals surface area contributed by atoms with Crippen molar-refractivity contribution < 1.29 is 14.3 Å². The van der Waals surface area contributed by atoms with Crippen LogP contribution in [0.25, 0.3) is 0 Å². The molecular formula is C22H21N3O3S. The molecule has 3 rings (SSSR count). The van der Waals surface area contributed by atoms with Crippen LogP contribution >= 0.6 is 12.8 Å². The van der Waals surface area contributed by atoms with Gasteiger partial charge in [-0.2, -0.15) is 0 Å². The molecule has 0 saturated carbocycles. The summed E-state index contributed by atoms with van der Waals surface area (Å²) in [5.74, 6) is 0.108. The Balaban J connectivity index is 1.82. The minimum atomic E-state index is -0.474. The van der Waals surface area contributed by atoms with Crippen LogP contribution in [0.3, 0.4) is 0 Å². The average Bonchev–Trinajstić information content (AvgIpc) is 2.73. The Hall–Kier alpha value is -3.45. The molecule has 0 aromatic heterocycles. The molecule has 6 nitrogen and oxygen atoms in total. The van der Waals surface area contributed by atoms with E-state index >= 15 is 0 Å². The van der Waals surface area contributed by atoms with Crippen LogP contribution < -0.4 is 19.7 Å². The molecule has 0 unspecified atom stereocenters. The smallest absolute Gasteiger partial charge is 0.336 e. The number of amides is 3. The first-order valence-electron chi connectivity index (χ1n) is 8.89. The molecule has 7 heteroatoms. The summed E-state index contributed by atoms with van der Waals surface area (Å²) in [6.07, 6.45) is 0. The van der Waals surface area contributed by atoms with Gasteiger partial charge in [0.05, 0.1) is 12.8 Å². The highest BCUT2D eigenvalue weighted by atomic mass is 32.1. The number of carbonyl (C=O) groups excluding carboxylic acids is 2. The summed E-state index contributed by atoms with van der Waals surface area (Å²) in [5.41, 5.74) is 3.06. The molecule has 0 spiro atoms. The van der Waals surface area contributed by atoms with E-state index < -0.39 is 6.03 Å². The van der Waals surface area contributed by atoms with E-state index in [1.165, 1.54) is 7.11 Å². The molecule has 3 aromatic rings. The van der Waals surface area contributed by atoms with Crippen LogP contribution in [0.1, 0.15) is 15.9 Å². The monoisotopic (exact) mass is 407 g/mol. The third-order valence-corrected chi connectivity index (χ3v) is 4.56. The highest BCUT2D eigenvalue weighted by molar-refractivity contribution is 7.82. The third-order valence-electron chi connectivity index (χ3n) is 4.16. The average molecular weight is 407 g/mol. The number of para-hydroxylation sites is 1. The van der Waals surface area contributed by atoms with E-state index in [-0.39, 0.29) is 5.91 Å². The highest BCUT2D eigenvalue weighted by Gasteiger charge is 2.19. The Morgan fingerprint density at radius 1 is 0.897 bits per heavy atom. The van der Waals surface area contributed by atoms with Gasteiger partial charge in [0.25, 0.3) is 5.91 Å². The Bertz CT molecular complexity index is 1020. The van der Waals surface area contributed by atoms with E-state index in [0.717, 1.165) is 9.87 Å². The number of urea groups is 1. The maximum atomic E-state index is 12.6. The van der Waals surface area contributed by atoms with Gasteiger partial charge in [0, 0.05) is 16.9 Å². The van der Waals surface area contributed by atoms with Crippen molar-refractivity contribution in [2.45, 2.75) is 6.92 Å². The number of thiol groups is 1. The van der Waals surface area contributed by atoms with Gasteiger partial charge in [-0.3, -0.25) is 4.79 Å². The van der Waals surface area contributed by atoms with Gasteiger partial charge in [-0.05, 0) is 55.0 Å². The van der Waals surface area contributed by atoms with E-state index in [1.807, 2.05) is 43.3 Å². The normalized spacial score (nSPS) is 10.2. The molecule has 0 saturated heterocycles. The van der Waals surface area contributed by atoms with Gasteiger partial charge in [0.1, 0.15) is 5.75 Å². The molecule has 3 amide bonds. The van der Waals surface area contributed by atoms with Crippen molar-refractivity contribution in [1.29, 1.82) is 0 Å². The standard InChI is InChI=1S/C22H21N3O3S/c1-15-7-6-10-18(13-15)24-22(27)25(29)19-14-16(11-12-20(19)28-2)21(26)23-17-8-4-3-5-9-17/h3-14,29H,1-2H3,(H,23,26)(H,24,27). The lowest BCUT2D eigenvalue weighted by Gasteiger charge is -2.20. The molecule has 0 aliphatic heterocycles. The fourth-order valence-electron chi connectivity index (χ4n) is 2.73. The molecule has 0 heterocycles. The maximum Gasteiger partial charge on any atom is 0.336 e. The number of rotatable bonds is 5. The molecule has 0 atom stereocenters. The Kier molecular flexibility index (Phi) is 6.41. The fraction of sp³-hybridized carbons (Fsp3) is 0.0909. The molecule has 0 bridgehead atoms. The maximum absolute atomic E-state index is 12.6. The largest absolute Gasteiger partial charge is 0.495 e. The summed E-state index contributed by atoms with van der Waals surface area (Å²) in [6.45, 7) is 1.94. The summed E-state index contributed by atoms with van der Waals surface area (Å²) >= 11 is 4.32. The number of carbonyl (C=O) groups is 2. The van der Waals surface area contributed by atoms with Crippen LogP contribution in [-0.4, -0.2) is 19.0 Å². The van der Waals surface area contributed by atoms with Crippen LogP contribution in [0.15, 0.2) is 72.8 Å². The van der Waals surface area contributed by atoms with E-state index in [2.05, 4.69) is 23.4 Å².